The molecule has 0 saturated heterocycles. The lowest BCUT2D eigenvalue weighted by Gasteiger charge is -2.13. The van der Waals surface area contributed by atoms with Gasteiger partial charge in [-0.3, -0.25) is 0 Å². The fourth-order valence-electron chi connectivity index (χ4n) is 1.93. The third-order valence-electron chi connectivity index (χ3n) is 3.08. The molecular weight excluding hydrogens is 220 g/mol. The molecule has 18 heavy (non-hydrogen) atoms. The molecule has 2 aromatic rings. The highest BCUT2D eigenvalue weighted by Crippen LogP contribution is 2.26. The van der Waals surface area contributed by atoms with Crippen LogP contribution in [0.15, 0.2) is 61.2 Å². The summed E-state index contributed by atoms with van der Waals surface area (Å²) >= 11 is 0. The molecule has 2 aromatic carbocycles. The van der Waals surface area contributed by atoms with Gasteiger partial charge >= 0.3 is 0 Å². The van der Waals surface area contributed by atoms with Crippen LogP contribution in [0.4, 0.5) is 0 Å². The van der Waals surface area contributed by atoms with Crippen LogP contribution in [0.1, 0.15) is 29.2 Å². The minimum Gasteiger partial charge on any atom is -0.388 e. The van der Waals surface area contributed by atoms with Gasteiger partial charge in [-0.05, 0) is 23.6 Å². The van der Waals surface area contributed by atoms with Crippen molar-refractivity contribution < 1.29 is 5.11 Å². The molecule has 0 aliphatic heterocycles. The molecular formula is C17H18O. The van der Waals surface area contributed by atoms with Crippen LogP contribution in [-0.2, 0) is 0 Å². The zero-order valence-electron chi connectivity index (χ0n) is 10.6. The van der Waals surface area contributed by atoms with Gasteiger partial charge in [0.15, 0.2) is 0 Å². The van der Waals surface area contributed by atoms with E-state index in [-0.39, 0.29) is 0 Å². The lowest BCUT2D eigenvalue weighted by atomic mass is 9.97. The van der Waals surface area contributed by atoms with Crippen molar-refractivity contribution in [3.63, 3.8) is 0 Å². The van der Waals surface area contributed by atoms with Crippen LogP contribution < -0.4 is 0 Å². The van der Waals surface area contributed by atoms with E-state index in [1.54, 1.807) is 0 Å². The maximum Gasteiger partial charge on any atom is 0.0830 e. The van der Waals surface area contributed by atoms with E-state index in [0.717, 1.165) is 16.7 Å². The average molecular weight is 238 g/mol. The Hall–Kier alpha value is -1.86. The second kappa shape index (κ2) is 5.65. The molecule has 0 aliphatic rings. The van der Waals surface area contributed by atoms with Crippen LogP contribution in [0, 0.1) is 6.92 Å². The number of hydrogen-bond acceptors (Lipinski definition) is 1. The Morgan fingerprint density at radius 1 is 1.06 bits per heavy atom. The second-order valence-corrected chi connectivity index (χ2v) is 4.60. The minimum absolute atomic E-state index is 0.488. The van der Waals surface area contributed by atoms with Crippen LogP contribution in [0.3, 0.4) is 0 Å². The van der Waals surface area contributed by atoms with E-state index < -0.39 is 6.10 Å². The highest BCUT2D eigenvalue weighted by Gasteiger charge is 2.09. The highest BCUT2D eigenvalue weighted by atomic mass is 16.3. The summed E-state index contributed by atoms with van der Waals surface area (Å²) < 4.78 is 0. The van der Waals surface area contributed by atoms with Gasteiger partial charge < -0.3 is 5.11 Å². The normalized spacial score (nSPS) is 12.1. The van der Waals surface area contributed by atoms with E-state index in [0.29, 0.717) is 6.42 Å². The smallest absolute Gasteiger partial charge is 0.0830 e. The summed E-state index contributed by atoms with van der Waals surface area (Å²) in [6.45, 7) is 6.09. The van der Waals surface area contributed by atoms with Gasteiger partial charge in [0.2, 0.25) is 0 Å². The van der Waals surface area contributed by atoms with Gasteiger partial charge in [-0.15, -0.1) is 0 Å². The Bertz CT molecular complexity index is 511. The molecule has 0 aromatic heterocycles. The monoisotopic (exact) mass is 238 g/mol. The molecule has 0 fully saturated rings. The average Bonchev–Trinajstić information content (AvgIpc) is 2.40. The number of benzene rings is 2. The predicted molar refractivity (Wildman–Crippen MR) is 76.2 cm³/mol. The van der Waals surface area contributed by atoms with Crippen molar-refractivity contribution in [2.24, 2.45) is 0 Å². The fraction of sp³-hybridized carbons (Fsp3) is 0.176. The van der Waals surface area contributed by atoms with Crippen molar-refractivity contribution in [3.05, 3.63) is 77.9 Å². The summed E-state index contributed by atoms with van der Waals surface area (Å²) in [5.41, 5.74) is 4.19. The SMILES string of the molecule is C=C(CC(O)c1ccc(C)cc1)c1ccccc1. The van der Waals surface area contributed by atoms with Gasteiger partial charge in [0.1, 0.15) is 0 Å². The van der Waals surface area contributed by atoms with Gasteiger partial charge in [0.05, 0.1) is 6.10 Å². The zero-order valence-corrected chi connectivity index (χ0v) is 10.6. The summed E-state index contributed by atoms with van der Waals surface area (Å²) in [4.78, 5) is 0. The predicted octanol–water partition coefficient (Wildman–Crippen LogP) is 4.13. The van der Waals surface area contributed by atoms with E-state index in [2.05, 4.69) is 6.58 Å². The maximum atomic E-state index is 10.2. The van der Waals surface area contributed by atoms with E-state index in [9.17, 15) is 5.11 Å². The van der Waals surface area contributed by atoms with Gasteiger partial charge in [-0.1, -0.05) is 66.7 Å². The van der Waals surface area contributed by atoms with E-state index >= 15 is 0 Å². The summed E-state index contributed by atoms with van der Waals surface area (Å²) in [5, 5.41) is 10.2. The first-order valence-electron chi connectivity index (χ1n) is 6.14. The quantitative estimate of drug-likeness (QED) is 0.849. The molecule has 1 nitrogen and oxygen atoms in total. The van der Waals surface area contributed by atoms with Crippen LogP contribution in [0.5, 0.6) is 0 Å². The minimum atomic E-state index is -0.488. The Labute approximate surface area is 108 Å². The fourth-order valence-corrected chi connectivity index (χ4v) is 1.93. The summed E-state index contributed by atoms with van der Waals surface area (Å²) in [5.74, 6) is 0. The molecule has 92 valence electrons. The number of aliphatic hydroxyl groups excluding tert-OH is 1. The molecule has 0 bridgehead atoms. The summed E-state index contributed by atoms with van der Waals surface area (Å²) in [7, 11) is 0. The van der Waals surface area contributed by atoms with Crippen molar-refractivity contribution in [3.8, 4) is 0 Å². The molecule has 1 heteroatoms. The Kier molecular flexibility index (Phi) is 3.96. The van der Waals surface area contributed by atoms with Crippen molar-refractivity contribution >= 4 is 5.57 Å². The van der Waals surface area contributed by atoms with E-state index in [4.69, 9.17) is 0 Å². The molecule has 1 N–H and O–H groups in total. The van der Waals surface area contributed by atoms with Crippen molar-refractivity contribution in [1.29, 1.82) is 0 Å². The third kappa shape index (κ3) is 3.08. The largest absolute Gasteiger partial charge is 0.388 e. The lowest BCUT2D eigenvalue weighted by molar-refractivity contribution is 0.184. The van der Waals surface area contributed by atoms with E-state index in [1.807, 2.05) is 61.5 Å². The number of rotatable bonds is 4. The Morgan fingerprint density at radius 2 is 1.67 bits per heavy atom. The molecule has 0 radical (unpaired) electrons. The molecule has 0 heterocycles. The van der Waals surface area contributed by atoms with Gasteiger partial charge in [0, 0.05) is 6.42 Å². The van der Waals surface area contributed by atoms with Crippen LogP contribution in [0.25, 0.3) is 5.57 Å². The topological polar surface area (TPSA) is 20.2 Å². The molecule has 2 rings (SSSR count). The standard InChI is InChI=1S/C17H18O/c1-13-8-10-16(11-9-13)17(18)12-14(2)15-6-4-3-5-7-15/h3-11,17-18H,2,12H2,1H3. The summed E-state index contributed by atoms with van der Waals surface area (Å²) in [6.07, 6.45) is 0.0749. The molecule has 0 saturated carbocycles. The third-order valence-corrected chi connectivity index (χ3v) is 3.08. The van der Waals surface area contributed by atoms with Crippen LogP contribution in [-0.4, -0.2) is 5.11 Å². The van der Waals surface area contributed by atoms with Gasteiger partial charge in [-0.2, -0.15) is 0 Å². The number of hydrogen-bond donors (Lipinski definition) is 1. The molecule has 0 amide bonds. The molecule has 0 aliphatic carbocycles. The first kappa shape index (κ1) is 12.6. The van der Waals surface area contributed by atoms with E-state index in [1.165, 1.54) is 5.56 Å². The maximum absolute atomic E-state index is 10.2. The first-order valence-corrected chi connectivity index (χ1v) is 6.14. The first-order chi connectivity index (χ1) is 8.66. The molecule has 0 spiro atoms. The highest BCUT2D eigenvalue weighted by molar-refractivity contribution is 5.63. The van der Waals surface area contributed by atoms with Crippen LogP contribution >= 0.6 is 0 Å². The van der Waals surface area contributed by atoms with Gasteiger partial charge in [0.25, 0.3) is 0 Å². The Balaban J connectivity index is 2.06. The molecule has 1 unspecified atom stereocenters. The second-order valence-electron chi connectivity index (χ2n) is 4.60. The molecule has 1 atom stereocenters. The van der Waals surface area contributed by atoms with Crippen molar-refractivity contribution in [2.45, 2.75) is 19.4 Å². The zero-order chi connectivity index (χ0) is 13.0. The van der Waals surface area contributed by atoms with Crippen LogP contribution in [0.2, 0.25) is 0 Å². The van der Waals surface area contributed by atoms with Crippen molar-refractivity contribution in [1.82, 2.24) is 0 Å². The lowest BCUT2D eigenvalue weighted by Crippen LogP contribution is -1.98. The number of aryl methyl sites for hydroxylation is 1. The Morgan fingerprint density at radius 3 is 2.28 bits per heavy atom. The van der Waals surface area contributed by atoms with Gasteiger partial charge in [-0.25, -0.2) is 0 Å². The number of aliphatic hydroxyl groups is 1. The van der Waals surface area contributed by atoms with Crippen molar-refractivity contribution in [2.75, 3.05) is 0 Å². The summed E-state index contributed by atoms with van der Waals surface area (Å²) in [6, 6.07) is 18.0.